The zero-order valence-corrected chi connectivity index (χ0v) is 13.0. The molecule has 0 bridgehead atoms. The summed E-state index contributed by atoms with van der Waals surface area (Å²) in [7, 11) is 1.62. The van der Waals surface area contributed by atoms with Gasteiger partial charge in [-0.05, 0) is 41.1 Å². The molecule has 4 heteroatoms. The van der Waals surface area contributed by atoms with Crippen LogP contribution in [0.2, 0.25) is 0 Å². The Morgan fingerprint density at radius 1 is 1.25 bits per heavy atom. The Balaban J connectivity index is 2.11. The maximum absolute atomic E-state index is 12.2. The van der Waals surface area contributed by atoms with Gasteiger partial charge in [-0.25, -0.2) is 0 Å². The molecule has 3 nitrogen and oxygen atoms in total. The van der Waals surface area contributed by atoms with Gasteiger partial charge in [0, 0.05) is 16.6 Å². The average molecular weight is 334 g/mol. The second-order valence-corrected chi connectivity index (χ2v) is 5.33. The van der Waals surface area contributed by atoms with Crippen molar-refractivity contribution in [3.63, 3.8) is 0 Å². The molecule has 0 aliphatic heterocycles. The molecule has 2 aromatic carbocycles. The molecule has 0 fully saturated rings. The fraction of sp³-hybridized carbons (Fsp3) is 0.188. The minimum Gasteiger partial charge on any atom is -0.496 e. The van der Waals surface area contributed by atoms with Gasteiger partial charge >= 0.3 is 0 Å². The Bertz CT molecular complexity index is 626. The molecule has 2 rings (SSSR count). The zero-order chi connectivity index (χ0) is 14.5. The largest absolute Gasteiger partial charge is 0.496 e. The van der Waals surface area contributed by atoms with Gasteiger partial charge < -0.3 is 10.1 Å². The Kier molecular flexibility index (Phi) is 4.79. The van der Waals surface area contributed by atoms with E-state index in [1.807, 2.05) is 49.4 Å². The quantitative estimate of drug-likeness (QED) is 0.926. The normalized spacial score (nSPS) is 10.2. The summed E-state index contributed by atoms with van der Waals surface area (Å²) in [4.78, 5) is 12.2. The predicted molar refractivity (Wildman–Crippen MR) is 83.0 cm³/mol. The van der Waals surface area contributed by atoms with Crippen molar-refractivity contribution in [2.24, 2.45) is 0 Å². The van der Waals surface area contributed by atoms with Crippen LogP contribution in [-0.2, 0) is 6.54 Å². The number of amides is 1. The molecule has 0 unspecified atom stereocenters. The molecule has 0 saturated heterocycles. The molecule has 104 valence electrons. The monoisotopic (exact) mass is 333 g/mol. The molecular formula is C16H16BrNO2. The Morgan fingerprint density at radius 2 is 2.00 bits per heavy atom. The van der Waals surface area contributed by atoms with E-state index in [1.165, 1.54) is 0 Å². The van der Waals surface area contributed by atoms with Crippen LogP contribution >= 0.6 is 15.9 Å². The lowest BCUT2D eigenvalue weighted by Crippen LogP contribution is -2.23. The highest BCUT2D eigenvalue weighted by Gasteiger charge is 2.11. The maximum atomic E-state index is 12.2. The molecule has 2 aromatic rings. The lowest BCUT2D eigenvalue weighted by Gasteiger charge is -2.10. The van der Waals surface area contributed by atoms with Crippen molar-refractivity contribution in [1.82, 2.24) is 5.32 Å². The van der Waals surface area contributed by atoms with Crippen LogP contribution in [0.1, 0.15) is 21.5 Å². The molecule has 0 aliphatic rings. The van der Waals surface area contributed by atoms with Crippen molar-refractivity contribution in [1.29, 1.82) is 0 Å². The van der Waals surface area contributed by atoms with Crippen LogP contribution in [0.4, 0.5) is 0 Å². The van der Waals surface area contributed by atoms with E-state index in [2.05, 4.69) is 21.2 Å². The summed E-state index contributed by atoms with van der Waals surface area (Å²) >= 11 is 3.40. The molecule has 0 aliphatic carbocycles. The second kappa shape index (κ2) is 6.57. The number of carbonyl (C=O) groups excluding carboxylic acids is 1. The molecule has 0 saturated carbocycles. The van der Waals surface area contributed by atoms with E-state index in [0.717, 1.165) is 21.3 Å². The van der Waals surface area contributed by atoms with E-state index in [1.54, 1.807) is 7.11 Å². The third-order valence-electron chi connectivity index (χ3n) is 3.00. The molecule has 1 N–H and O–H groups in total. The molecular weight excluding hydrogens is 318 g/mol. The van der Waals surface area contributed by atoms with E-state index in [-0.39, 0.29) is 5.91 Å². The number of halogens is 1. The van der Waals surface area contributed by atoms with Crippen LogP contribution in [0, 0.1) is 6.92 Å². The number of para-hydroxylation sites is 1. The lowest BCUT2D eigenvalue weighted by molar-refractivity contribution is 0.0950. The van der Waals surface area contributed by atoms with Gasteiger partial charge in [0.25, 0.3) is 5.91 Å². The Labute approximate surface area is 127 Å². The van der Waals surface area contributed by atoms with E-state index in [0.29, 0.717) is 12.1 Å². The van der Waals surface area contributed by atoms with Crippen LogP contribution in [0.5, 0.6) is 5.75 Å². The minimum atomic E-state index is -0.105. The number of benzene rings is 2. The van der Waals surface area contributed by atoms with Crippen LogP contribution in [0.15, 0.2) is 46.9 Å². The first-order valence-electron chi connectivity index (χ1n) is 6.28. The van der Waals surface area contributed by atoms with Crippen molar-refractivity contribution in [3.05, 3.63) is 63.6 Å². The highest BCUT2D eigenvalue weighted by Crippen LogP contribution is 2.19. The number of hydrogen-bond acceptors (Lipinski definition) is 2. The van der Waals surface area contributed by atoms with Gasteiger partial charge in [0.2, 0.25) is 0 Å². The molecule has 0 aromatic heterocycles. The molecule has 0 heterocycles. The summed E-state index contributed by atoms with van der Waals surface area (Å²) in [5.74, 6) is 0.669. The fourth-order valence-electron chi connectivity index (χ4n) is 1.93. The Morgan fingerprint density at radius 3 is 2.75 bits per heavy atom. The zero-order valence-electron chi connectivity index (χ0n) is 11.4. The average Bonchev–Trinajstić information content (AvgIpc) is 2.47. The van der Waals surface area contributed by atoms with E-state index < -0.39 is 0 Å². The lowest BCUT2D eigenvalue weighted by atomic mass is 10.1. The third kappa shape index (κ3) is 3.39. The number of methoxy groups -OCH3 is 1. The summed E-state index contributed by atoms with van der Waals surface area (Å²) in [5, 5.41) is 2.91. The maximum Gasteiger partial charge on any atom is 0.252 e. The molecule has 0 atom stereocenters. The molecule has 20 heavy (non-hydrogen) atoms. The van der Waals surface area contributed by atoms with Gasteiger partial charge in [-0.15, -0.1) is 0 Å². The summed E-state index contributed by atoms with van der Waals surface area (Å²) in [6, 6.07) is 13.3. The van der Waals surface area contributed by atoms with Crippen molar-refractivity contribution < 1.29 is 9.53 Å². The molecule has 1 amide bonds. The topological polar surface area (TPSA) is 38.3 Å². The number of hydrogen-bond donors (Lipinski definition) is 1. The van der Waals surface area contributed by atoms with Gasteiger partial charge in [-0.1, -0.05) is 29.8 Å². The van der Waals surface area contributed by atoms with Crippen LogP contribution in [-0.4, -0.2) is 13.0 Å². The standard InChI is InChI=1S/C16H16BrNO2/c1-11-7-8-14(17)13(9-11)16(19)18-10-12-5-3-4-6-15(12)20-2/h3-9H,10H2,1-2H3,(H,18,19). The summed E-state index contributed by atoms with van der Waals surface area (Å²) in [5.41, 5.74) is 2.64. The number of rotatable bonds is 4. The van der Waals surface area contributed by atoms with Crippen molar-refractivity contribution in [2.75, 3.05) is 7.11 Å². The predicted octanol–water partition coefficient (Wildman–Crippen LogP) is 3.70. The van der Waals surface area contributed by atoms with Gasteiger partial charge in [-0.3, -0.25) is 4.79 Å². The van der Waals surface area contributed by atoms with Gasteiger partial charge in [0.05, 0.1) is 12.7 Å². The van der Waals surface area contributed by atoms with Crippen LogP contribution in [0.25, 0.3) is 0 Å². The summed E-state index contributed by atoms with van der Waals surface area (Å²) in [6.07, 6.45) is 0. The smallest absolute Gasteiger partial charge is 0.252 e. The van der Waals surface area contributed by atoms with E-state index >= 15 is 0 Å². The third-order valence-corrected chi connectivity index (χ3v) is 3.69. The highest BCUT2D eigenvalue weighted by atomic mass is 79.9. The van der Waals surface area contributed by atoms with Gasteiger partial charge in [-0.2, -0.15) is 0 Å². The van der Waals surface area contributed by atoms with Crippen LogP contribution < -0.4 is 10.1 Å². The fourth-order valence-corrected chi connectivity index (χ4v) is 2.36. The van der Waals surface area contributed by atoms with E-state index in [9.17, 15) is 4.79 Å². The highest BCUT2D eigenvalue weighted by molar-refractivity contribution is 9.10. The van der Waals surface area contributed by atoms with E-state index in [4.69, 9.17) is 4.74 Å². The first-order valence-corrected chi connectivity index (χ1v) is 7.07. The number of aryl methyl sites for hydroxylation is 1. The minimum absolute atomic E-state index is 0.105. The number of nitrogens with one attached hydrogen (secondary N) is 1. The number of ether oxygens (including phenoxy) is 1. The van der Waals surface area contributed by atoms with Crippen LogP contribution in [0.3, 0.4) is 0 Å². The van der Waals surface area contributed by atoms with Gasteiger partial charge in [0.1, 0.15) is 5.75 Å². The first-order chi connectivity index (χ1) is 9.61. The second-order valence-electron chi connectivity index (χ2n) is 4.48. The van der Waals surface area contributed by atoms with Crippen molar-refractivity contribution >= 4 is 21.8 Å². The molecule has 0 radical (unpaired) electrons. The SMILES string of the molecule is COc1ccccc1CNC(=O)c1cc(C)ccc1Br. The van der Waals surface area contributed by atoms with Crippen molar-refractivity contribution in [2.45, 2.75) is 13.5 Å². The number of carbonyl (C=O) groups is 1. The first kappa shape index (κ1) is 14.6. The molecule has 0 spiro atoms. The van der Waals surface area contributed by atoms with Gasteiger partial charge in [0.15, 0.2) is 0 Å². The Hall–Kier alpha value is -1.81. The van der Waals surface area contributed by atoms with Crippen molar-refractivity contribution in [3.8, 4) is 5.75 Å². The summed E-state index contributed by atoms with van der Waals surface area (Å²) < 4.78 is 6.06. The summed E-state index contributed by atoms with van der Waals surface area (Å²) in [6.45, 7) is 2.40.